The van der Waals surface area contributed by atoms with Gasteiger partial charge >= 0.3 is 0 Å². The van der Waals surface area contributed by atoms with Gasteiger partial charge in [-0.15, -0.1) is 0 Å². The molecule has 4 heterocycles. The van der Waals surface area contributed by atoms with E-state index >= 15 is 0 Å². The van der Waals surface area contributed by atoms with E-state index < -0.39 is 0 Å². The molecule has 0 bridgehead atoms. The van der Waals surface area contributed by atoms with E-state index in [2.05, 4.69) is 26.8 Å². The quantitative estimate of drug-likeness (QED) is 0.799. The number of aryl methyl sites for hydroxylation is 1. The van der Waals surface area contributed by atoms with Gasteiger partial charge in [-0.05, 0) is 26.8 Å². The molecule has 8 heteroatoms. The van der Waals surface area contributed by atoms with Crippen molar-refractivity contribution in [2.45, 2.75) is 32.4 Å². The molecule has 134 valence electrons. The van der Waals surface area contributed by atoms with Crippen molar-refractivity contribution in [1.29, 1.82) is 0 Å². The van der Waals surface area contributed by atoms with Gasteiger partial charge in [0.2, 0.25) is 5.95 Å². The Labute approximate surface area is 146 Å². The monoisotopic (exact) mass is 344 g/mol. The van der Waals surface area contributed by atoms with Crippen LogP contribution in [0.15, 0.2) is 11.0 Å². The van der Waals surface area contributed by atoms with E-state index in [1.165, 1.54) is 0 Å². The summed E-state index contributed by atoms with van der Waals surface area (Å²) in [5, 5.41) is 0. The van der Waals surface area contributed by atoms with Crippen LogP contribution in [0.2, 0.25) is 0 Å². The average molecular weight is 344 g/mol. The summed E-state index contributed by atoms with van der Waals surface area (Å²) < 4.78 is 7.44. The molecule has 2 aliphatic rings. The zero-order chi connectivity index (χ0) is 17.4. The van der Waals surface area contributed by atoms with Gasteiger partial charge in [-0.25, -0.2) is 9.97 Å². The van der Waals surface area contributed by atoms with Crippen LogP contribution in [0, 0.1) is 6.92 Å². The smallest absolute Gasteiger partial charge is 0.273 e. The Morgan fingerprint density at radius 3 is 2.76 bits per heavy atom. The van der Waals surface area contributed by atoms with Crippen molar-refractivity contribution < 1.29 is 4.74 Å². The summed E-state index contributed by atoms with van der Waals surface area (Å²) in [6.45, 7) is 6.77. The maximum Gasteiger partial charge on any atom is 0.273 e. The summed E-state index contributed by atoms with van der Waals surface area (Å²) in [6, 6.07) is 0. The second kappa shape index (κ2) is 6.68. The van der Waals surface area contributed by atoms with Gasteiger partial charge in [0, 0.05) is 32.8 Å². The van der Waals surface area contributed by atoms with Crippen molar-refractivity contribution in [1.82, 2.24) is 24.4 Å². The van der Waals surface area contributed by atoms with Crippen LogP contribution in [0.1, 0.15) is 18.5 Å². The predicted octanol–water partition coefficient (Wildman–Crippen LogP) is 0.426. The SMILES string of the molecule is Cc1nc2cnc(N3CCN(C)CC3)nc2n(C[C@H]2CCCO2)c1=O. The van der Waals surface area contributed by atoms with Gasteiger partial charge in [-0.2, -0.15) is 4.98 Å². The Bertz CT molecular complexity index is 822. The van der Waals surface area contributed by atoms with Crippen LogP contribution >= 0.6 is 0 Å². The van der Waals surface area contributed by atoms with Crippen LogP contribution in [-0.2, 0) is 11.3 Å². The highest BCUT2D eigenvalue weighted by molar-refractivity contribution is 5.70. The van der Waals surface area contributed by atoms with Crippen molar-refractivity contribution >= 4 is 17.1 Å². The molecule has 0 radical (unpaired) electrons. The van der Waals surface area contributed by atoms with Crippen LogP contribution in [0.4, 0.5) is 5.95 Å². The molecular weight excluding hydrogens is 320 g/mol. The minimum Gasteiger partial charge on any atom is -0.376 e. The highest BCUT2D eigenvalue weighted by Crippen LogP contribution is 2.18. The summed E-state index contributed by atoms with van der Waals surface area (Å²) in [5.74, 6) is 0.673. The number of hydrogen-bond acceptors (Lipinski definition) is 7. The lowest BCUT2D eigenvalue weighted by molar-refractivity contribution is 0.0970. The molecule has 0 aliphatic carbocycles. The molecule has 2 fully saturated rings. The van der Waals surface area contributed by atoms with Crippen molar-refractivity contribution in [3.63, 3.8) is 0 Å². The van der Waals surface area contributed by atoms with Crippen molar-refractivity contribution in [3.8, 4) is 0 Å². The molecule has 8 nitrogen and oxygen atoms in total. The molecule has 2 saturated heterocycles. The lowest BCUT2D eigenvalue weighted by Gasteiger charge is -2.32. The number of piperazine rings is 1. The van der Waals surface area contributed by atoms with Gasteiger partial charge < -0.3 is 14.5 Å². The largest absolute Gasteiger partial charge is 0.376 e. The van der Waals surface area contributed by atoms with Gasteiger partial charge in [0.25, 0.3) is 5.56 Å². The van der Waals surface area contributed by atoms with Gasteiger partial charge in [-0.1, -0.05) is 0 Å². The summed E-state index contributed by atoms with van der Waals surface area (Å²) in [5.41, 5.74) is 1.65. The molecule has 0 spiro atoms. The van der Waals surface area contributed by atoms with Crippen molar-refractivity contribution in [2.24, 2.45) is 0 Å². The van der Waals surface area contributed by atoms with E-state index in [1.807, 2.05) is 0 Å². The first-order valence-electron chi connectivity index (χ1n) is 8.91. The van der Waals surface area contributed by atoms with Gasteiger partial charge in [0.15, 0.2) is 5.65 Å². The second-order valence-corrected chi connectivity index (χ2v) is 6.92. The second-order valence-electron chi connectivity index (χ2n) is 6.92. The number of hydrogen-bond donors (Lipinski definition) is 0. The van der Waals surface area contributed by atoms with E-state index in [0.717, 1.165) is 45.6 Å². The fraction of sp³-hybridized carbons (Fsp3) is 0.647. The summed E-state index contributed by atoms with van der Waals surface area (Å²) >= 11 is 0. The van der Waals surface area contributed by atoms with Crippen LogP contribution in [0.5, 0.6) is 0 Å². The van der Waals surface area contributed by atoms with Gasteiger partial charge in [-0.3, -0.25) is 9.36 Å². The predicted molar refractivity (Wildman–Crippen MR) is 95.0 cm³/mol. The highest BCUT2D eigenvalue weighted by atomic mass is 16.5. The Morgan fingerprint density at radius 1 is 1.24 bits per heavy atom. The summed E-state index contributed by atoms with van der Waals surface area (Å²) in [7, 11) is 2.12. The number of fused-ring (bicyclic) bond motifs is 1. The maximum absolute atomic E-state index is 12.7. The van der Waals surface area contributed by atoms with Gasteiger partial charge in [0.1, 0.15) is 11.2 Å². The summed E-state index contributed by atoms with van der Waals surface area (Å²) in [4.78, 5) is 30.7. The number of likely N-dealkylation sites (N-methyl/N-ethyl adjacent to an activating group) is 1. The summed E-state index contributed by atoms with van der Waals surface area (Å²) in [6.07, 6.45) is 3.83. The third-order valence-electron chi connectivity index (χ3n) is 5.03. The molecular formula is C17H24N6O2. The standard InChI is InChI=1S/C17H24N6O2/c1-12-16(24)23(11-13-4-3-9-25-13)15-14(19-12)10-18-17(20-15)22-7-5-21(2)6-8-22/h10,13H,3-9,11H2,1-2H3/t13-/m1/s1. The third kappa shape index (κ3) is 3.23. The molecule has 0 amide bonds. The number of ether oxygens (including phenoxy) is 1. The molecule has 0 saturated carbocycles. The van der Waals surface area contributed by atoms with Crippen LogP contribution < -0.4 is 10.5 Å². The number of nitrogens with zero attached hydrogens (tertiary/aromatic N) is 6. The molecule has 0 N–H and O–H groups in total. The van der Waals surface area contributed by atoms with E-state index in [4.69, 9.17) is 9.72 Å². The lowest BCUT2D eigenvalue weighted by Crippen LogP contribution is -2.45. The van der Waals surface area contributed by atoms with Crippen LogP contribution in [0.25, 0.3) is 11.2 Å². The molecule has 4 rings (SSSR count). The molecule has 0 unspecified atom stereocenters. The first-order valence-corrected chi connectivity index (χ1v) is 8.91. The number of anilines is 1. The fourth-order valence-electron chi connectivity index (χ4n) is 3.48. The van der Waals surface area contributed by atoms with Crippen LogP contribution in [-0.4, -0.2) is 70.4 Å². The van der Waals surface area contributed by atoms with E-state index in [1.54, 1.807) is 17.7 Å². The maximum atomic E-state index is 12.7. The first kappa shape index (κ1) is 16.4. The minimum atomic E-state index is -0.0916. The molecule has 2 aromatic heterocycles. The Hall–Kier alpha value is -2.06. The Kier molecular flexibility index (Phi) is 4.39. The van der Waals surface area contributed by atoms with E-state index in [-0.39, 0.29) is 11.7 Å². The van der Waals surface area contributed by atoms with Crippen LogP contribution in [0.3, 0.4) is 0 Å². The molecule has 1 atom stereocenters. The number of rotatable bonds is 3. The zero-order valence-corrected chi connectivity index (χ0v) is 14.8. The molecule has 2 aliphatic heterocycles. The lowest BCUT2D eigenvalue weighted by atomic mass is 10.2. The Balaban J connectivity index is 1.74. The first-order chi connectivity index (χ1) is 12.1. The molecule has 0 aromatic carbocycles. The Morgan fingerprint density at radius 2 is 2.04 bits per heavy atom. The third-order valence-corrected chi connectivity index (χ3v) is 5.03. The molecule has 2 aromatic rings. The van der Waals surface area contributed by atoms with E-state index in [0.29, 0.717) is 29.4 Å². The van der Waals surface area contributed by atoms with Gasteiger partial charge in [0.05, 0.1) is 18.8 Å². The number of aromatic nitrogens is 4. The van der Waals surface area contributed by atoms with E-state index in [9.17, 15) is 4.79 Å². The fourth-order valence-corrected chi connectivity index (χ4v) is 3.48. The minimum absolute atomic E-state index is 0.0738. The average Bonchev–Trinajstić information content (AvgIpc) is 3.12. The molecule has 25 heavy (non-hydrogen) atoms. The van der Waals surface area contributed by atoms with Crippen molar-refractivity contribution in [2.75, 3.05) is 44.7 Å². The van der Waals surface area contributed by atoms with Crippen molar-refractivity contribution in [3.05, 3.63) is 22.2 Å². The zero-order valence-electron chi connectivity index (χ0n) is 14.8. The highest BCUT2D eigenvalue weighted by Gasteiger charge is 2.21. The topological polar surface area (TPSA) is 76.4 Å². The normalized spacial score (nSPS) is 22.0.